The number of aromatic nitrogens is 1. The Morgan fingerprint density at radius 1 is 1.39 bits per heavy atom. The van der Waals surface area contributed by atoms with Crippen LogP contribution in [0.25, 0.3) is 0 Å². The maximum Gasteiger partial charge on any atom is 0.255 e. The number of carbonyl (C=O) groups is 1. The number of furan rings is 1. The Morgan fingerprint density at radius 3 is 2.72 bits per heavy atom. The van der Waals surface area contributed by atoms with Crippen LogP contribution in [0.2, 0.25) is 0 Å². The van der Waals surface area contributed by atoms with E-state index >= 15 is 0 Å². The number of hydrogen-bond donors (Lipinski definition) is 1. The quantitative estimate of drug-likeness (QED) is 0.903. The Kier molecular flexibility index (Phi) is 3.46. The maximum atomic E-state index is 12.1. The number of pyridine rings is 1. The zero-order valence-electron chi connectivity index (χ0n) is 10.7. The largest absolute Gasteiger partial charge is 0.466 e. The smallest absolute Gasteiger partial charge is 0.255 e. The lowest BCUT2D eigenvalue weighted by molar-refractivity contribution is 0.0937. The fourth-order valence-electron chi connectivity index (χ4n) is 1.84. The highest BCUT2D eigenvalue weighted by Crippen LogP contribution is 2.15. The molecule has 0 aliphatic carbocycles. The lowest BCUT2D eigenvalue weighted by atomic mass is 10.2. The average molecular weight is 244 g/mol. The minimum absolute atomic E-state index is 0.131. The van der Waals surface area contributed by atoms with Gasteiger partial charge in [-0.05, 0) is 39.0 Å². The average Bonchev–Trinajstić information content (AvgIpc) is 2.69. The molecule has 2 rings (SSSR count). The normalized spacial score (nSPS) is 12.2. The molecular formula is C14H16N2O2. The van der Waals surface area contributed by atoms with Gasteiger partial charge in [-0.2, -0.15) is 0 Å². The van der Waals surface area contributed by atoms with Crippen LogP contribution < -0.4 is 5.32 Å². The fourth-order valence-corrected chi connectivity index (χ4v) is 1.84. The highest BCUT2D eigenvalue weighted by Gasteiger charge is 2.16. The first kappa shape index (κ1) is 12.4. The summed E-state index contributed by atoms with van der Waals surface area (Å²) in [6.07, 6.45) is 1.71. The molecule has 0 aromatic carbocycles. The van der Waals surface area contributed by atoms with Gasteiger partial charge in [-0.1, -0.05) is 6.07 Å². The van der Waals surface area contributed by atoms with Crippen molar-refractivity contribution in [3.63, 3.8) is 0 Å². The zero-order chi connectivity index (χ0) is 13.1. The molecule has 1 amide bonds. The molecule has 0 saturated heterocycles. The van der Waals surface area contributed by atoms with Crippen molar-refractivity contribution < 1.29 is 9.21 Å². The highest BCUT2D eigenvalue weighted by atomic mass is 16.3. The van der Waals surface area contributed by atoms with Crippen LogP contribution in [0.15, 0.2) is 34.9 Å². The van der Waals surface area contributed by atoms with Gasteiger partial charge in [0, 0.05) is 6.20 Å². The van der Waals surface area contributed by atoms with Crippen LogP contribution in [0.5, 0.6) is 0 Å². The number of rotatable bonds is 3. The molecule has 0 aliphatic heterocycles. The summed E-state index contributed by atoms with van der Waals surface area (Å²) < 4.78 is 5.35. The molecule has 2 heterocycles. The maximum absolute atomic E-state index is 12.1. The van der Waals surface area contributed by atoms with Crippen molar-refractivity contribution in [1.29, 1.82) is 0 Å². The van der Waals surface area contributed by atoms with E-state index in [1.165, 1.54) is 0 Å². The summed E-state index contributed by atoms with van der Waals surface area (Å²) in [5.74, 6) is 1.24. The van der Waals surface area contributed by atoms with Gasteiger partial charge >= 0.3 is 0 Å². The molecule has 0 spiro atoms. The summed E-state index contributed by atoms with van der Waals surface area (Å²) in [6.45, 7) is 5.52. The SMILES string of the molecule is Cc1cc(C(=O)NC(C)c2ccccn2)c(C)o1. The second-order valence-electron chi connectivity index (χ2n) is 4.28. The second-order valence-corrected chi connectivity index (χ2v) is 4.28. The van der Waals surface area contributed by atoms with Gasteiger partial charge in [-0.3, -0.25) is 9.78 Å². The van der Waals surface area contributed by atoms with Gasteiger partial charge in [0.2, 0.25) is 0 Å². The molecule has 1 N–H and O–H groups in total. The predicted octanol–water partition coefficient (Wildman–Crippen LogP) is 2.78. The summed E-state index contributed by atoms with van der Waals surface area (Å²) in [5.41, 5.74) is 1.42. The van der Waals surface area contributed by atoms with Crippen LogP contribution in [0, 0.1) is 13.8 Å². The van der Waals surface area contributed by atoms with Crippen molar-refractivity contribution in [3.05, 3.63) is 53.2 Å². The van der Waals surface area contributed by atoms with E-state index in [0.29, 0.717) is 11.3 Å². The highest BCUT2D eigenvalue weighted by molar-refractivity contribution is 5.95. The lowest BCUT2D eigenvalue weighted by Crippen LogP contribution is -2.27. The number of carbonyl (C=O) groups excluding carboxylic acids is 1. The Hall–Kier alpha value is -2.10. The van der Waals surface area contributed by atoms with Gasteiger partial charge in [0.25, 0.3) is 5.91 Å². The molecule has 2 aromatic rings. The van der Waals surface area contributed by atoms with E-state index in [2.05, 4.69) is 10.3 Å². The van der Waals surface area contributed by atoms with Gasteiger partial charge < -0.3 is 9.73 Å². The molecule has 0 saturated carbocycles. The monoisotopic (exact) mass is 244 g/mol. The molecule has 18 heavy (non-hydrogen) atoms. The van der Waals surface area contributed by atoms with Gasteiger partial charge in [0.1, 0.15) is 11.5 Å². The van der Waals surface area contributed by atoms with Gasteiger partial charge in [-0.15, -0.1) is 0 Å². The van der Waals surface area contributed by atoms with Gasteiger partial charge in [0.05, 0.1) is 17.3 Å². The van der Waals surface area contributed by atoms with E-state index in [-0.39, 0.29) is 11.9 Å². The second kappa shape index (κ2) is 5.04. The number of amides is 1. The molecule has 1 atom stereocenters. The van der Waals surface area contributed by atoms with E-state index in [1.54, 1.807) is 19.2 Å². The molecule has 1 unspecified atom stereocenters. The third kappa shape index (κ3) is 2.59. The molecule has 0 radical (unpaired) electrons. The summed E-state index contributed by atoms with van der Waals surface area (Å²) in [5, 5.41) is 2.91. The van der Waals surface area contributed by atoms with E-state index in [1.807, 2.05) is 32.0 Å². The van der Waals surface area contributed by atoms with Crippen molar-refractivity contribution in [1.82, 2.24) is 10.3 Å². The molecule has 4 nitrogen and oxygen atoms in total. The minimum atomic E-state index is -0.137. The number of aryl methyl sites for hydroxylation is 2. The number of nitrogens with zero attached hydrogens (tertiary/aromatic N) is 1. The molecule has 0 fully saturated rings. The number of nitrogens with one attached hydrogen (secondary N) is 1. The Balaban J connectivity index is 2.10. The van der Waals surface area contributed by atoms with E-state index in [0.717, 1.165) is 11.5 Å². The van der Waals surface area contributed by atoms with Gasteiger partial charge in [0.15, 0.2) is 0 Å². The van der Waals surface area contributed by atoms with Crippen LogP contribution in [0.1, 0.15) is 40.5 Å². The first-order chi connectivity index (χ1) is 8.58. The third-order valence-corrected chi connectivity index (χ3v) is 2.76. The van der Waals surface area contributed by atoms with Gasteiger partial charge in [-0.25, -0.2) is 0 Å². The fraction of sp³-hybridized carbons (Fsp3) is 0.286. The van der Waals surface area contributed by atoms with Crippen molar-refractivity contribution in [2.75, 3.05) is 0 Å². The van der Waals surface area contributed by atoms with Crippen LogP contribution in [0.4, 0.5) is 0 Å². The van der Waals surface area contributed by atoms with E-state index in [4.69, 9.17) is 4.42 Å². The van der Waals surface area contributed by atoms with Crippen LogP contribution in [0.3, 0.4) is 0 Å². The minimum Gasteiger partial charge on any atom is -0.466 e. The summed E-state index contributed by atoms with van der Waals surface area (Å²) in [4.78, 5) is 16.3. The summed E-state index contributed by atoms with van der Waals surface area (Å²) in [6, 6.07) is 7.25. The van der Waals surface area contributed by atoms with Crippen molar-refractivity contribution in [2.45, 2.75) is 26.8 Å². The zero-order valence-corrected chi connectivity index (χ0v) is 10.7. The molecule has 2 aromatic heterocycles. The third-order valence-electron chi connectivity index (χ3n) is 2.76. The molecule has 94 valence electrons. The van der Waals surface area contributed by atoms with Crippen LogP contribution in [-0.2, 0) is 0 Å². The first-order valence-electron chi connectivity index (χ1n) is 5.86. The topological polar surface area (TPSA) is 55.1 Å². The van der Waals surface area contributed by atoms with Crippen molar-refractivity contribution >= 4 is 5.91 Å². The first-order valence-corrected chi connectivity index (χ1v) is 5.86. The van der Waals surface area contributed by atoms with Crippen LogP contribution >= 0.6 is 0 Å². The molecular weight excluding hydrogens is 228 g/mol. The molecule has 4 heteroatoms. The molecule has 0 bridgehead atoms. The van der Waals surface area contributed by atoms with Crippen molar-refractivity contribution in [3.8, 4) is 0 Å². The van der Waals surface area contributed by atoms with Crippen LogP contribution in [-0.4, -0.2) is 10.9 Å². The standard InChI is InChI=1S/C14H16N2O2/c1-9-8-12(11(3)18-9)14(17)16-10(2)13-6-4-5-7-15-13/h4-8,10H,1-3H3,(H,16,17). The number of hydrogen-bond acceptors (Lipinski definition) is 3. The summed E-state index contributed by atoms with van der Waals surface area (Å²) in [7, 11) is 0. The lowest BCUT2D eigenvalue weighted by Gasteiger charge is -2.12. The summed E-state index contributed by atoms with van der Waals surface area (Å²) >= 11 is 0. The Labute approximate surface area is 106 Å². The molecule has 0 aliphatic rings. The predicted molar refractivity (Wildman–Crippen MR) is 68.3 cm³/mol. The van der Waals surface area contributed by atoms with Crippen molar-refractivity contribution in [2.24, 2.45) is 0 Å². The Bertz CT molecular complexity index is 546. The van der Waals surface area contributed by atoms with E-state index in [9.17, 15) is 4.79 Å². The van der Waals surface area contributed by atoms with E-state index < -0.39 is 0 Å². The Morgan fingerprint density at radius 2 is 2.17 bits per heavy atom.